The van der Waals surface area contributed by atoms with Crippen molar-refractivity contribution in [3.8, 4) is 0 Å². The SMILES string of the molecule is CC(c1ccccc1F)N(C)Cc1ccc(N)c(Cl)c1. The van der Waals surface area contributed by atoms with Gasteiger partial charge in [-0.15, -0.1) is 0 Å². The lowest BCUT2D eigenvalue weighted by atomic mass is 10.1. The minimum absolute atomic E-state index is 0.0208. The number of nitrogens with zero attached hydrogens (tertiary/aromatic N) is 1. The molecule has 2 aromatic rings. The van der Waals surface area contributed by atoms with E-state index in [0.29, 0.717) is 22.8 Å². The van der Waals surface area contributed by atoms with Crippen LogP contribution in [0.15, 0.2) is 42.5 Å². The first-order valence-electron chi connectivity index (χ1n) is 6.47. The van der Waals surface area contributed by atoms with Crippen molar-refractivity contribution in [2.75, 3.05) is 12.8 Å². The predicted octanol–water partition coefficient (Wildman–Crippen LogP) is 4.25. The molecule has 0 spiro atoms. The molecule has 2 rings (SSSR count). The van der Waals surface area contributed by atoms with E-state index in [-0.39, 0.29) is 11.9 Å². The number of anilines is 1. The number of hydrogen-bond acceptors (Lipinski definition) is 2. The molecule has 0 bridgehead atoms. The van der Waals surface area contributed by atoms with Gasteiger partial charge in [-0.05, 0) is 37.7 Å². The van der Waals surface area contributed by atoms with E-state index in [1.807, 2.05) is 38.2 Å². The molecular formula is C16H18ClFN2. The molecule has 2 N–H and O–H groups in total. The van der Waals surface area contributed by atoms with Gasteiger partial charge in [-0.3, -0.25) is 4.90 Å². The fourth-order valence-electron chi connectivity index (χ4n) is 2.15. The van der Waals surface area contributed by atoms with Crippen LogP contribution in [0.1, 0.15) is 24.1 Å². The minimum atomic E-state index is -0.179. The summed E-state index contributed by atoms with van der Waals surface area (Å²) in [7, 11) is 1.96. The van der Waals surface area contributed by atoms with E-state index in [0.717, 1.165) is 5.56 Å². The summed E-state index contributed by atoms with van der Waals surface area (Å²) in [5.41, 5.74) is 8.01. The Bertz CT molecular complexity index is 601. The first-order valence-corrected chi connectivity index (χ1v) is 6.85. The number of hydrogen-bond donors (Lipinski definition) is 1. The summed E-state index contributed by atoms with van der Waals surface area (Å²) in [5.74, 6) is -0.179. The van der Waals surface area contributed by atoms with Gasteiger partial charge in [-0.1, -0.05) is 35.9 Å². The summed E-state index contributed by atoms with van der Waals surface area (Å²) in [6, 6.07) is 12.4. The summed E-state index contributed by atoms with van der Waals surface area (Å²) in [5, 5.41) is 0.550. The highest BCUT2D eigenvalue weighted by atomic mass is 35.5. The number of benzene rings is 2. The zero-order chi connectivity index (χ0) is 14.7. The van der Waals surface area contributed by atoms with E-state index >= 15 is 0 Å². The Kier molecular flexibility index (Phi) is 4.63. The molecule has 106 valence electrons. The smallest absolute Gasteiger partial charge is 0.127 e. The summed E-state index contributed by atoms with van der Waals surface area (Å²) in [6.45, 7) is 2.66. The normalized spacial score (nSPS) is 12.7. The molecule has 0 aromatic heterocycles. The van der Waals surface area contributed by atoms with Crippen LogP contribution >= 0.6 is 11.6 Å². The lowest BCUT2D eigenvalue weighted by molar-refractivity contribution is 0.248. The number of rotatable bonds is 4. The van der Waals surface area contributed by atoms with Crippen LogP contribution in [0.2, 0.25) is 5.02 Å². The second-order valence-corrected chi connectivity index (χ2v) is 5.38. The van der Waals surface area contributed by atoms with Crippen LogP contribution in [0.3, 0.4) is 0 Å². The molecular weight excluding hydrogens is 275 g/mol. The highest BCUT2D eigenvalue weighted by Gasteiger charge is 2.15. The highest BCUT2D eigenvalue weighted by molar-refractivity contribution is 6.33. The molecule has 1 unspecified atom stereocenters. The lowest BCUT2D eigenvalue weighted by Crippen LogP contribution is -2.22. The summed E-state index contributed by atoms with van der Waals surface area (Å²) >= 11 is 6.02. The van der Waals surface area contributed by atoms with Crippen molar-refractivity contribution < 1.29 is 4.39 Å². The topological polar surface area (TPSA) is 29.3 Å². The van der Waals surface area contributed by atoms with E-state index in [2.05, 4.69) is 4.90 Å². The average molecular weight is 293 g/mol. The maximum atomic E-state index is 13.8. The number of halogens is 2. The molecule has 2 nitrogen and oxygen atoms in total. The van der Waals surface area contributed by atoms with Gasteiger partial charge < -0.3 is 5.73 Å². The molecule has 0 saturated carbocycles. The van der Waals surface area contributed by atoms with E-state index in [9.17, 15) is 4.39 Å². The molecule has 0 aliphatic heterocycles. The Morgan fingerprint density at radius 3 is 2.60 bits per heavy atom. The number of nitrogen functional groups attached to an aromatic ring is 1. The van der Waals surface area contributed by atoms with Crippen molar-refractivity contribution in [2.45, 2.75) is 19.5 Å². The Morgan fingerprint density at radius 2 is 1.95 bits per heavy atom. The minimum Gasteiger partial charge on any atom is -0.398 e. The van der Waals surface area contributed by atoms with Gasteiger partial charge >= 0.3 is 0 Å². The van der Waals surface area contributed by atoms with Gasteiger partial charge in [0, 0.05) is 18.2 Å². The van der Waals surface area contributed by atoms with Crippen molar-refractivity contribution in [2.24, 2.45) is 0 Å². The molecule has 4 heteroatoms. The van der Waals surface area contributed by atoms with Crippen molar-refractivity contribution in [1.29, 1.82) is 0 Å². The Morgan fingerprint density at radius 1 is 1.25 bits per heavy atom. The third kappa shape index (κ3) is 3.30. The standard InChI is InChI=1S/C16H18ClFN2/c1-11(13-5-3-4-6-15(13)18)20(2)10-12-7-8-16(19)14(17)9-12/h3-9,11H,10,19H2,1-2H3. The Hall–Kier alpha value is -1.58. The number of nitrogens with two attached hydrogens (primary N) is 1. The summed E-state index contributed by atoms with van der Waals surface area (Å²) in [6.07, 6.45) is 0. The van der Waals surface area contributed by atoms with E-state index < -0.39 is 0 Å². The molecule has 0 radical (unpaired) electrons. The van der Waals surface area contributed by atoms with Crippen LogP contribution in [0.4, 0.5) is 10.1 Å². The predicted molar refractivity (Wildman–Crippen MR) is 82.1 cm³/mol. The first kappa shape index (κ1) is 14.8. The second kappa shape index (κ2) is 6.25. The summed E-state index contributed by atoms with van der Waals surface area (Å²) in [4.78, 5) is 2.07. The molecule has 1 atom stereocenters. The van der Waals surface area contributed by atoms with E-state index in [1.54, 1.807) is 12.1 Å². The Labute approximate surface area is 124 Å². The monoisotopic (exact) mass is 292 g/mol. The summed E-state index contributed by atoms with van der Waals surface area (Å²) < 4.78 is 13.8. The van der Waals surface area contributed by atoms with Gasteiger partial charge in [-0.25, -0.2) is 4.39 Å². The third-order valence-corrected chi connectivity index (χ3v) is 3.84. The van der Waals surface area contributed by atoms with Crippen LogP contribution in [0, 0.1) is 5.82 Å². The van der Waals surface area contributed by atoms with Crippen LogP contribution in [-0.4, -0.2) is 11.9 Å². The van der Waals surface area contributed by atoms with Crippen LogP contribution in [0.5, 0.6) is 0 Å². The van der Waals surface area contributed by atoms with Gasteiger partial charge in [0.1, 0.15) is 5.82 Å². The molecule has 0 heterocycles. The van der Waals surface area contributed by atoms with Crippen LogP contribution in [-0.2, 0) is 6.54 Å². The molecule has 0 amide bonds. The van der Waals surface area contributed by atoms with Crippen molar-refractivity contribution in [1.82, 2.24) is 4.90 Å². The molecule has 0 aliphatic rings. The quantitative estimate of drug-likeness (QED) is 0.854. The zero-order valence-corrected chi connectivity index (χ0v) is 12.4. The molecule has 0 saturated heterocycles. The highest BCUT2D eigenvalue weighted by Crippen LogP contribution is 2.25. The van der Waals surface area contributed by atoms with Gasteiger partial charge in [0.2, 0.25) is 0 Å². The van der Waals surface area contributed by atoms with Crippen molar-refractivity contribution in [3.63, 3.8) is 0 Å². The van der Waals surface area contributed by atoms with Crippen molar-refractivity contribution >= 4 is 17.3 Å². The molecule has 0 fully saturated rings. The van der Waals surface area contributed by atoms with E-state index in [1.165, 1.54) is 6.07 Å². The maximum Gasteiger partial charge on any atom is 0.127 e. The molecule has 2 aromatic carbocycles. The van der Waals surface area contributed by atoms with Gasteiger partial charge in [-0.2, -0.15) is 0 Å². The Balaban J connectivity index is 2.13. The first-order chi connectivity index (χ1) is 9.49. The van der Waals surface area contributed by atoms with Gasteiger partial charge in [0.25, 0.3) is 0 Å². The van der Waals surface area contributed by atoms with Gasteiger partial charge in [0.15, 0.2) is 0 Å². The molecule has 0 aliphatic carbocycles. The van der Waals surface area contributed by atoms with Crippen LogP contribution < -0.4 is 5.73 Å². The zero-order valence-electron chi connectivity index (χ0n) is 11.6. The van der Waals surface area contributed by atoms with E-state index in [4.69, 9.17) is 17.3 Å². The largest absolute Gasteiger partial charge is 0.398 e. The molecule has 20 heavy (non-hydrogen) atoms. The second-order valence-electron chi connectivity index (χ2n) is 4.97. The average Bonchev–Trinajstić information content (AvgIpc) is 2.42. The maximum absolute atomic E-state index is 13.8. The van der Waals surface area contributed by atoms with Crippen LogP contribution in [0.25, 0.3) is 0 Å². The lowest BCUT2D eigenvalue weighted by Gasteiger charge is -2.25. The van der Waals surface area contributed by atoms with Crippen molar-refractivity contribution in [3.05, 3.63) is 64.4 Å². The third-order valence-electron chi connectivity index (χ3n) is 3.51. The van der Waals surface area contributed by atoms with Gasteiger partial charge in [0.05, 0.1) is 10.7 Å². The fraction of sp³-hybridized carbons (Fsp3) is 0.250. The fourth-order valence-corrected chi connectivity index (χ4v) is 2.35.